The third-order valence-corrected chi connectivity index (χ3v) is 3.28. The number of carboxylic acid groups (broad SMARTS) is 1. The van der Waals surface area contributed by atoms with Crippen LogP contribution in [-0.4, -0.2) is 46.6 Å². The van der Waals surface area contributed by atoms with Gasteiger partial charge in [-0.2, -0.15) is 0 Å². The Bertz CT molecular complexity index is 489. The molecule has 6 nitrogen and oxygen atoms in total. The van der Waals surface area contributed by atoms with Gasteiger partial charge in [-0.3, -0.25) is 9.78 Å². The van der Waals surface area contributed by atoms with Gasteiger partial charge in [0.05, 0.1) is 18.9 Å². The number of nitrogens with zero attached hydrogens (tertiary/aromatic N) is 2. The number of pyridine rings is 1. The number of ether oxygens (including phenoxy) is 1. The highest BCUT2D eigenvalue weighted by atomic mass is 16.5. The minimum Gasteiger partial charge on any atom is -0.494 e. The minimum atomic E-state index is -0.957. The van der Waals surface area contributed by atoms with Crippen LogP contribution < -0.4 is 4.74 Å². The van der Waals surface area contributed by atoms with Gasteiger partial charge in [0.25, 0.3) is 5.91 Å². The second kappa shape index (κ2) is 5.69. The number of likely N-dealkylation sites (tertiary alicyclic amines) is 1. The second-order valence-electron chi connectivity index (χ2n) is 4.42. The highest BCUT2D eigenvalue weighted by molar-refractivity contribution is 5.98. The average Bonchev–Trinajstić information content (AvgIpc) is 2.46. The smallest absolute Gasteiger partial charge is 0.326 e. The predicted molar refractivity (Wildman–Crippen MR) is 67.1 cm³/mol. The lowest BCUT2D eigenvalue weighted by Gasteiger charge is -2.33. The van der Waals surface area contributed by atoms with E-state index in [0.29, 0.717) is 24.3 Å². The molecule has 1 fully saturated rings. The Hall–Kier alpha value is -2.11. The molecule has 102 valence electrons. The fourth-order valence-electron chi connectivity index (χ4n) is 2.31. The maximum absolute atomic E-state index is 12.4. The molecule has 0 saturated carbocycles. The lowest BCUT2D eigenvalue weighted by molar-refractivity contribution is -0.143. The summed E-state index contributed by atoms with van der Waals surface area (Å²) in [5, 5.41) is 9.19. The molecule has 1 saturated heterocycles. The number of carbonyl (C=O) groups is 2. The first-order chi connectivity index (χ1) is 9.15. The molecular formula is C13H16N2O4. The predicted octanol–water partition coefficient (Wildman–Crippen LogP) is 1.17. The molecule has 1 N–H and O–H groups in total. The lowest BCUT2D eigenvalue weighted by Crippen LogP contribution is -2.48. The summed E-state index contributed by atoms with van der Waals surface area (Å²) in [6.45, 7) is 0.460. The fourth-order valence-corrected chi connectivity index (χ4v) is 2.31. The van der Waals surface area contributed by atoms with Crippen molar-refractivity contribution in [2.75, 3.05) is 13.7 Å². The van der Waals surface area contributed by atoms with Crippen molar-refractivity contribution in [3.63, 3.8) is 0 Å². The van der Waals surface area contributed by atoms with Crippen molar-refractivity contribution in [3.05, 3.63) is 24.0 Å². The quantitative estimate of drug-likeness (QED) is 0.886. The highest BCUT2D eigenvalue weighted by Gasteiger charge is 2.33. The normalized spacial score (nSPS) is 19.0. The van der Waals surface area contributed by atoms with Gasteiger partial charge in [0.1, 0.15) is 11.8 Å². The molecule has 19 heavy (non-hydrogen) atoms. The summed E-state index contributed by atoms with van der Waals surface area (Å²) in [4.78, 5) is 29.0. The molecule has 0 spiro atoms. The van der Waals surface area contributed by atoms with Crippen LogP contribution in [0.3, 0.4) is 0 Å². The number of carbonyl (C=O) groups excluding carboxylic acids is 1. The van der Waals surface area contributed by atoms with Gasteiger partial charge in [-0.1, -0.05) is 0 Å². The van der Waals surface area contributed by atoms with E-state index in [1.165, 1.54) is 24.4 Å². The largest absolute Gasteiger partial charge is 0.494 e. The molecule has 1 aliphatic rings. The Balaban J connectivity index is 2.29. The number of aromatic nitrogens is 1. The summed E-state index contributed by atoms with van der Waals surface area (Å²) in [5.74, 6) is -0.908. The van der Waals surface area contributed by atoms with Crippen molar-refractivity contribution in [1.29, 1.82) is 0 Å². The topological polar surface area (TPSA) is 79.7 Å². The van der Waals surface area contributed by atoms with Crippen LogP contribution in [-0.2, 0) is 4.79 Å². The number of carboxylic acids is 1. The molecule has 0 bridgehead atoms. The van der Waals surface area contributed by atoms with Gasteiger partial charge in [0.2, 0.25) is 0 Å². The molecule has 0 aliphatic carbocycles. The van der Waals surface area contributed by atoms with E-state index in [2.05, 4.69) is 4.98 Å². The van der Waals surface area contributed by atoms with E-state index >= 15 is 0 Å². The molecule has 1 aromatic heterocycles. The van der Waals surface area contributed by atoms with Crippen molar-refractivity contribution in [2.24, 2.45) is 0 Å². The molecule has 1 aromatic rings. The van der Waals surface area contributed by atoms with Gasteiger partial charge >= 0.3 is 5.97 Å². The zero-order valence-electron chi connectivity index (χ0n) is 10.7. The van der Waals surface area contributed by atoms with E-state index in [9.17, 15) is 14.7 Å². The first-order valence-corrected chi connectivity index (χ1v) is 6.17. The van der Waals surface area contributed by atoms with E-state index in [0.717, 1.165) is 12.8 Å². The van der Waals surface area contributed by atoms with Crippen molar-refractivity contribution in [2.45, 2.75) is 25.3 Å². The van der Waals surface area contributed by atoms with Gasteiger partial charge < -0.3 is 14.7 Å². The zero-order chi connectivity index (χ0) is 13.8. The highest BCUT2D eigenvalue weighted by Crippen LogP contribution is 2.23. The number of amides is 1. The van der Waals surface area contributed by atoms with Crippen LogP contribution in [0.15, 0.2) is 18.5 Å². The molecule has 0 aromatic carbocycles. The van der Waals surface area contributed by atoms with Crippen molar-refractivity contribution in [1.82, 2.24) is 9.88 Å². The molecular weight excluding hydrogens is 248 g/mol. The van der Waals surface area contributed by atoms with Crippen LogP contribution in [0.2, 0.25) is 0 Å². The number of hydrogen-bond donors (Lipinski definition) is 1. The van der Waals surface area contributed by atoms with Crippen LogP contribution in [0.25, 0.3) is 0 Å². The van der Waals surface area contributed by atoms with Crippen molar-refractivity contribution < 1.29 is 19.4 Å². The van der Waals surface area contributed by atoms with E-state index in [1.54, 1.807) is 6.07 Å². The van der Waals surface area contributed by atoms with E-state index in [-0.39, 0.29) is 5.91 Å². The first kappa shape index (κ1) is 13.3. The second-order valence-corrected chi connectivity index (χ2v) is 4.42. The maximum Gasteiger partial charge on any atom is 0.326 e. The summed E-state index contributed by atoms with van der Waals surface area (Å²) >= 11 is 0. The van der Waals surface area contributed by atoms with Crippen LogP contribution in [0.4, 0.5) is 0 Å². The fraction of sp³-hybridized carbons (Fsp3) is 0.462. The molecule has 0 unspecified atom stereocenters. The molecule has 2 heterocycles. The van der Waals surface area contributed by atoms with E-state index < -0.39 is 12.0 Å². The number of piperidine rings is 1. The summed E-state index contributed by atoms with van der Waals surface area (Å²) in [7, 11) is 1.46. The maximum atomic E-state index is 12.4. The number of rotatable bonds is 3. The van der Waals surface area contributed by atoms with Gasteiger partial charge in [-0.05, 0) is 25.3 Å². The lowest BCUT2D eigenvalue weighted by atomic mass is 10.0. The molecule has 1 amide bonds. The third kappa shape index (κ3) is 2.67. The molecule has 6 heteroatoms. The monoisotopic (exact) mass is 264 g/mol. The van der Waals surface area contributed by atoms with Crippen LogP contribution >= 0.6 is 0 Å². The zero-order valence-corrected chi connectivity index (χ0v) is 10.7. The Morgan fingerprint density at radius 3 is 2.95 bits per heavy atom. The summed E-state index contributed by atoms with van der Waals surface area (Å²) in [6.07, 6.45) is 5.09. The van der Waals surface area contributed by atoms with Crippen molar-refractivity contribution >= 4 is 11.9 Å². The standard InChI is InChI=1S/C13H16N2O4/c1-19-11-8-14-6-5-9(11)12(16)15-7-3-2-4-10(15)13(17)18/h5-6,8,10H,2-4,7H2,1H3,(H,17,18)/t10-/m0/s1. The van der Waals surface area contributed by atoms with Gasteiger partial charge in [0, 0.05) is 12.7 Å². The van der Waals surface area contributed by atoms with Gasteiger partial charge in [-0.25, -0.2) is 4.79 Å². The van der Waals surface area contributed by atoms with Gasteiger partial charge in [-0.15, -0.1) is 0 Å². The van der Waals surface area contributed by atoms with Crippen molar-refractivity contribution in [3.8, 4) is 5.75 Å². The van der Waals surface area contributed by atoms with Crippen LogP contribution in [0.1, 0.15) is 29.6 Å². The van der Waals surface area contributed by atoms with Gasteiger partial charge in [0.15, 0.2) is 0 Å². The SMILES string of the molecule is COc1cnccc1C(=O)N1CCCC[C@H]1C(=O)O. The third-order valence-electron chi connectivity index (χ3n) is 3.28. The minimum absolute atomic E-state index is 0.314. The molecule has 0 radical (unpaired) electrons. The Labute approximate surface area is 111 Å². The summed E-state index contributed by atoms with van der Waals surface area (Å²) in [5.41, 5.74) is 0.352. The Morgan fingerprint density at radius 1 is 1.47 bits per heavy atom. The number of methoxy groups -OCH3 is 1. The number of hydrogen-bond acceptors (Lipinski definition) is 4. The Kier molecular flexibility index (Phi) is 3.99. The molecule has 1 aliphatic heterocycles. The summed E-state index contributed by atoms with van der Waals surface area (Å²) in [6, 6.07) is 0.799. The van der Waals surface area contributed by atoms with Crippen LogP contribution in [0, 0.1) is 0 Å². The summed E-state index contributed by atoms with van der Waals surface area (Å²) < 4.78 is 5.10. The number of aliphatic carboxylic acids is 1. The average molecular weight is 264 g/mol. The molecule has 2 rings (SSSR count). The first-order valence-electron chi connectivity index (χ1n) is 6.17. The van der Waals surface area contributed by atoms with E-state index in [1.807, 2.05) is 0 Å². The van der Waals surface area contributed by atoms with E-state index in [4.69, 9.17) is 4.74 Å². The van der Waals surface area contributed by atoms with Crippen LogP contribution in [0.5, 0.6) is 5.75 Å². The molecule has 1 atom stereocenters. The Morgan fingerprint density at radius 2 is 2.26 bits per heavy atom.